The van der Waals surface area contributed by atoms with Crippen LogP contribution in [-0.2, 0) is 0 Å². The summed E-state index contributed by atoms with van der Waals surface area (Å²) in [7, 11) is 0. The van der Waals surface area contributed by atoms with Crippen molar-refractivity contribution in [2.75, 3.05) is 6.54 Å². The number of halogens is 1. The molecule has 0 saturated carbocycles. The van der Waals surface area contributed by atoms with Crippen LogP contribution in [0.25, 0.3) is 0 Å². The Morgan fingerprint density at radius 3 is 2.60 bits per heavy atom. The van der Waals surface area contributed by atoms with Gasteiger partial charge in [0.15, 0.2) is 0 Å². The van der Waals surface area contributed by atoms with E-state index in [9.17, 15) is 4.79 Å². The summed E-state index contributed by atoms with van der Waals surface area (Å²) in [6.07, 6.45) is 0. The standard InChI is InChI=1S/C11H15ClN2O/c1-11(2,7-13)14-10(15)8-5-3-4-6-9(8)12/h3-6H,7,13H2,1-2H3,(H,14,15). The smallest absolute Gasteiger partial charge is 0.253 e. The molecule has 0 radical (unpaired) electrons. The highest BCUT2D eigenvalue weighted by molar-refractivity contribution is 6.33. The highest BCUT2D eigenvalue weighted by atomic mass is 35.5. The summed E-state index contributed by atoms with van der Waals surface area (Å²) < 4.78 is 0. The quantitative estimate of drug-likeness (QED) is 0.826. The maximum atomic E-state index is 11.8. The van der Waals surface area contributed by atoms with Gasteiger partial charge < -0.3 is 11.1 Å². The average molecular weight is 227 g/mol. The molecule has 0 aliphatic heterocycles. The van der Waals surface area contributed by atoms with Crippen LogP contribution < -0.4 is 11.1 Å². The van der Waals surface area contributed by atoms with Crippen molar-refractivity contribution in [3.63, 3.8) is 0 Å². The van der Waals surface area contributed by atoms with Gasteiger partial charge >= 0.3 is 0 Å². The Bertz CT molecular complexity index is 363. The summed E-state index contributed by atoms with van der Waals surface area (Å²) in [5, 5.41) is 3.26. The molecule has 0 aliphatic rings. The second-order valence-corrected chi connectivity index (χ2v) is 4.43. The van der Waals surface area contributed by atoms with Gasteiger partial charge in [-0.2, -0.15) is 0 Å². The van der Waals surface area contributed by atoms with Crippen molar-refractivity contribution in [3.8, 4) is 0 Å². The van der Waals surface area contributed by atoms with Crippen molar-refractivity contribution < 1.29 is 4.79 Å². The monoisotopic (exact) mass is 226 g/mol. The zero-order valence-corrected chi connectivity index (χ0v) is 9.64. The Balaban J connectivity index is 2.83. The lowest BCUT2D eigenvalue weighted by Crippen LogP contribution is -2.48. The number of hydrogen-bond acceptors (Lipinski definition) is 2. The summed E-state index contributed by atoms with van der Waals surface area (Å²) in [5.74, 6) is -0.198. The van der Waals surface area contributed by atoms with Gasteiger partial charge in [-0.1, -0.05) is 23.7 Å². The van der Waals surface area contributed by atoms with E-state index in [0.29, 0.717) is 17.1 Å². The SMILES string of the molecule is CC(C)(CN)NC(=O)c1ccccc1Cl. The Kier molecular flexibility index (Phi) is 3.72. The molecule has 0 bridgehead atoms. The van der Waals surface area contributed by atoms with Gasteiger partial charge in [-0.05, 0) is 26.0 Å². The molecule has 0 spiro atoms. The highest BCUT2D eigenvalue weighted by Crippen LogP contribution is 2.15. The van der Waals surface area contributed by atoms with Crippen LogP contribution in [0.4, 0.5) is 0 Å². The molecule has 15 heavy (non-hydrogen) atoms. The molecule has 0 atom stereocenters. The van der Waals surface area contributed by atoms with Gasteiger partial charge in [0, 0.05) is 12.1 Å². The zero-order chi connectivity index (χ0) is 11.5. The van der Waals surface area contributed by atoms with Crippen molar-refractivity contribution in [1.82, 2.24) is 5.32 Å². The van der Waals surface area contributed by atoms with Crippen LogP contribution in [0.15, 0.2) is 24.3 Å². The van der Waals surface area contributed by atoms with Gasteiger partial charge in [-0.25, -0.2) is 0 Å². The molecule has 0 aliphatic carbocycles. The number of nitrogens with two attached hydrogens (primary N) is 1. The van der Waals surface area contributed by atoms with Gasteiger partial charge in [0.05, 0.1) is 10.6 Å². The minimum atomic E-state index is -0.420. The van der Waals surface area contributed by atoms with Gasteiger partial charge in [0.1, 0.15) is 0 Å². The molecule has 1 aromatic carbocycles. The second-order valence-electron chi connectivity index (χ2n) is 4.02. The third kappa shape index (κ3) is 3.22. The number of rotatable bonds is 3. The van der Waals surface area contributed by atoms with E-state index < -0.39 is 5.54 Å². The third-order valence-electron chi connectivity index (χ3n) is 2.08. The average Bonchev–Trinajstić information content (AvgIpc) is 2.17. The molecule has 1 rings (SSSR count). The lowest BCUT2D eigenvalue weighted by atomic mass is 10.1. The Hall–Kier alpha value is -1.06. The molecule has 0 heterocycles. The van der Waals surface area contributed by atoms with Crippen LogP contribution in [0.1, 0.15) is 24.2 Å². The summed E-state index contributed by atoms with van der Waals surface area (Å²) in [4.78, 5) is 11.8. The Morgan fingerprint density at radius 2 is 2.07 bits per heavy atom. The number of amides is 1. The number of carbonyl (C=O) groups excluding carboxylic acids is 1. The first-order chi connectivity index (χ1) is 6.96. The minimum Gasteiger partial charge on any atom is -0.346 e. The first kappa shape index (κ1) is 12.0. The third-order valence-corrected chi connectivity index (χ3v) is 2.41. The van der Waals surface area contributed by atoms with E-state index in [1.165, 1.54) is 0 Å². The van der Waals surface area contributed by atoms with Crippen molar-refractivity contribution in [3.05, 3.63) is 34.9 Å². The second kappa shape index (κ2) is 4.64. The van der Waals surface area contributed by atoms with E-state index in [-0.39, 0.29) is 5.91 Å². The van der Waals surface area contributed by atoms with Gasteiger partial charge in [-0.15, -0.1) is 0 Å². The van der Waals surface area contributed by atoms with Crippen molar-refractivity contribution >= 4 is 17.5 Å². The van der Waals surface area contributed by atoms with Gasteiger partial charge in [0.2, 0.25) is 0 Å². The molecule has 1 aromatic rings. The molecule has 4 heteroatoms. The Morgan fingerprint density at radius 1 is 1.47 bits per heavy atom. The van der Waals surface area contributed by atoms with Crippen LogP contribution in [-0.4, -0.2) is 18.0 Å². The number of carbonyl (C=O) groups is 1. The van der Waals surface area contributed by atoms with Crippen molar-refractivity contribution in [2.45, 2.75) is 19.4 Å². The van der Waals surface area contributed by atoms with E-state index >= 15 is 0 Å². The van der Waals surface area contributed by atoms with E-state index in [2.05, 4.69) is 5.32 Å². The molecule has 0 fully saturated rings. The maximum absolute atomic E-state index is 11.8. The number of benzene rings is 1. The minimum absolute atomic E-state index is 0.198. The molecular weight excluding hydrogens is 212 g/mol. The topological polar surface area (TPSA) is 55.1 Å². The predicted octanol–water partition coefficient (Wildman–Crippen LogP) is 1.81. The molecule has 0 unspecified atom stereocenters. The highest BCUT2D eigenvalue weighted by Gasteiger charge is 2.20. The number of nitrogens with one attached hydrogen (secondary N) is 1. The molecular formula is C11H15ClN2O. The summed E-state index contributed by atoms with van der Waals surface area (Å²) in [6, 6.07) is 6.93. The van der Waals surface area contributed by atoms with Crippen LogP contribution in [0.5, 0.6) is 0 Å². The molecule has 1 amide bonds. The maximum Gasteiger partial charge on any atom is 0.253 e. The van der Waals surface area contributed by atoms with E-state index in [0.717, 1.165) is 0 Å². The normalized spacial score (nSPS) is 11.2. The van der Waals surface area contributed by atoms with E-state index in [1.807, 2.05) is 13.8 Å². The molecule has 3 N–H and O–H groups in total. The van der Waals surface area contributed by atoms with Crippen molar-refractivity contribution in [1.29, 1.82) is 0 Å². The predicted molar refractivity (Wildman–Crippen MR) is 62.1 cm³/mol. The lowest BCUT2D eigenvalue weighted by molar-refractivity contribution is 0.0916. The van der Waals surface area contributed by atoms with Crippen LogP contribution >= 0.6 is 11.6 Å². The molecule has 0 aromatic heterocycles. The van der Waals surface area contributed by atoms with Gasteiger partial charge in [0.25, 0.3) is 5.91 Å². The fraction of sp³-hybridized carbons (Fsp3) is 0.364. The fourth-order valence-corrected chi connectivity index (χ4v) is 1.29. The van der Waals surface area contributed by atoms with E-state index in [4.69, 9.17) is 17.3 Å². The molecule has 3 nitrogen and oxygen atoms in total. The largest absolute Gasteiger partial charge is 0.346 e. The first-order valence-electron chi connectivity index (χ1n) is 4.73. The van der Waals surface area contributed by atoms with Crippen molar-refractivity contribution in [2.24, 2.45) is 5.73 Å². The summed E-state index contributed by atoms with van der Waals surface area (Å²) in [6.45, 7) is 4.10. The Labute approximate surface area is 94.6 Å². The van der Waals surface area contributed by atoms with Crippen LogP contribution in [0, 0.1) is 0 Å². The van der Waals surface area contributed by atoms with E-state index in [1.54, 1.807) is 24.3 Å². The molecule has 82 valence electrons. The summed E-state index contributed by atoms with van der Waals surface area (Å²) in [5.41, 5.74) is 5.58. The van der Waals surface area contributed by atoms with Crippen LogP contribution in [0.2, 0.25) is 5.02 Å². The molecule has 0 saturated heterocycles. The first-order valence-corrected chi connectivity index (χ1v) is 5.11. The summed E-state index contributed by atoms with van der Waals surface area (Å²) >= 11 is 5.90. The zero-order valence-electron chi connectivity index (χ0n) is 8.88. The fourth-order valence-electron chi connectivity index (χ4n) is 1.07. The van der Waals surface area contributed by atoms with Crippen LogP contribution in [0.3, 0.4) is 0 Å². The van der Waals surface area contributed by atoms with Gasteiger partial charge in [-0.3, -0.25) is 4.79 Å². The number of hydrogen-bond donors (Lipinski definition) is 2. The lowest BCUT2D eigenvalue weighted by Gasteiger charge is -2.24.